The molecule has 1 aromatic heterocycles. The van der Waals surface area contributed by atoms with Gasteiger partial charge in [-0.25, -0.2) is 0 Å². The Kier molecular flexibility index (Phi) is 3.60. The third-order valence-corrected chi connectivity index (χ3v) is 5.39. The maximum Gasteiger partial charge on any atom is 0.154 e. The van der Waals surface area contributed by atoms with Crippen LogP contribution in [0.3, 0.4) is 0 Å². The molecule has 0 saturated heterocycles. The summed E-state index contributed by atoms with van der Waals surface area (Å²) in [7, 11) is 1.86. The van der Waals surface area contributed by atoms with Crippen molar-refractivity contribution in [1.29, 1.82) is 0 Å². The van der Waals surface area contributed by atoms with E-state index in [4.69, 9.17) is 4.74 Å². The lowest BCUT2D eigenvalue weighted by atomic mass is 9.97. The summed E-state index contributed by atoms with van der Waals surface area (Å²) in [5.41, 5.74) is 1.31. The molecule has 0 fully saturated rings. The second kappa shape index (κ2) is 5.64. The van der Waals surface area contributed by atoms with Crippen LogP contribution in [0.15, 0.2) is 53.9 Å². The van der Waals surface area contributed by atoms with Gasteiger partial charge in [-0.2, -0.15) is 0 Å². The summed E-state index contributed by atoms with van der Waals surface area (Å²) < 4.78 is 7.56. The highest BCUT2D eigenvalue weighted by Gasteiger charge is 2.46. The van der Waals surface area contributed by atoms with Crippen LogP contribution in [0, 0.1) is 0 Å². The summed E-state index contributed by atoms with van der Waals surface area (Å²) in [5.74, 6) is 0.833. The van der Waals surface area contributed by atoms with E-state index < -0.39 is 5.60 Å². The number of aliphatic hydroxyl groups is 1. The van der Waals surface area contributed by atoms with E-state index in [1.807, 2.05) is 31.3 Å². The molecule has 1 aliphatic carbocycles. The van der Waals surface area contributed by atoms with Crippen molar-refractivity contribution < 1.29 is 9.84 Å². The lowest BCUT2D eigenvalue weighted by Crippen LogP contribution is -2.45. The number of ether oxygens (including phenoxy) is 1. The molecule has 0 spiro atoms. The molecule has 0 aliphatic heterocycles. The molecular weight excluding hydrogens is 306 g/mol. The highest BCUT2D eigenvalue weighted by atomic mass is 32.1. The zero-order valence-electron chi connectivity index (χ0n) is 13.0. The van der Waals surface area contributed by atoms with Crippen LogP contribution in [0.5, 0.6) is 5.75 Å². The molecule has 0 unspecified atom stereocenters. The standard InChI is InChI=1S/C19H19NO2S/c1-20-12-19(21)11-13-5-2-3-6-14(13)18(19)22-16-7-4-8-17-15(16)9-10-23-17/h2-10,18,20-21H,11-12H2,1H3/t18-,19+/m0/s1. The molecule has 3 aromatic rings. The Balaban J connectivity index is 1.77. The average molecular weight is 325 g/mol. The van der Waals surface area contributed by atoms with Gasteiger partial charge in [-0.15, -0.1) is 11.3 Å². The van der Waals surface area contributed by atoms with Crippen molar-refractivity contribution in [3.8, 4) is 5.75 Å². The monoisotopic (exact) mass is 325 g/mol. The maximum atomic E-state index is 11.2. The van der Waals surface area contributed by atoms with Crippen molar-refractivity contribution in [2.75, 3.05) is 13.6 Å². The molecule has 1 heterocycles. The van der Waals surface area contributed by atoms with Crippen LogP contribution in [0.2, 0.25) is 0 Å². The summed E-state index contributed by atoms with van der Waals surface area (Å²) in [6.45, 7) is 0.492. The van der Waals surface area contributed by atoms with Crippen LogP contribution in [-0.2, 0) is 6.42 Å². The minimum Gasteiger partial charge on any atom is -0.482 e. The molecule has 0 amide bonds. The number of hydrogen-bond acceptors (Lipinski definition) is 4. The van der Waals surface area contributed by atoms with Crippen molar-refractivity contribution in [2.24, 2.45) is 0 Å². The minimum absolute atomic E-state index is 0.364. The van der Waals surface area contributed by atoms with Gasteiger partial charge in [0, 0.05) is 23.1 Å². The molecule has 118 valence electrons. The van der Waals surface area contributed by atoms with Crippen molar-refractivity contribution in [1.82, 2.24) is 5.32 Å². The lowest BCUT2D eigenvalue weighted by Gasteiger charge is -2.31. The molecule has 23 heavy (non-hydrogen) atoms. The Morgan fingerprint density at radius 3 is 2.96 bits per heavy atom. The van der Waals surface area contributed by atoms with Crippen LogP contribution in [0.4, 0.5) is 0 Å². The van der Waals surface area contributed by atoms with Crippen molar-refractivity contribution in [2.45, 2.75) is 18.1 Å². The fraction of sp³-hybridized carbons (Fsp3) is 0.263. The van der Waals surface area contributed by atoms with Gasteiger partial charge in [-0.3, -0.25) is 0 Å². The molecule has 0 radical (unpaired) electrons. The van der Waals surface area contributed by atoms with E-state index in [2.05, 4.69) is 35.0 Å². The van der Waals surface area contributed by atoms with Crippen LogP contribution in [0.1, 0.15) is 17.2 Å². The van der Waals surface area contributed by atoms with Gasteiger partial charge in [-0.05, 0) is 41.8 Å². The Morgan fingerprint density at radius 2 is 2.09 bits per heavy atom. The van der Waals surface area contributed by atoms with E-state index in [9.17, 15) is 5.11 Å². The molecular formula is C19H19NO2S. The predicted octanol–water partition coefficient (Wildman–Crippen LogP) is 3.53. The maximum absolute atomic E-state index is 11.2. The zero-order valence-corrected chi connectivity index (χ0v) is 13.8. The van der Waals surface area contributed by atoms with E-state index in [0.29, 0.717) is 13.0 Å². The predicted molar refractivity (Wildman–Crippen MR) is 94.2 cm³/mol. The summed E-state index contributed by atoms with van der Waals surface area (Å²) in [5, 5.41) is 17.5. The number of hydrogen-bond donors (Lipinski definition) is 2. The highest BCUT2D eigenvalue weighted by Crippen LogP contribution is 2.43. The summed E-state index contributed by atoms with van der Waals surface area (Å²) in [4.78, 5) is 0. The van der Waals surface area contributed by atoms with Gasteiger partial charge >= 0.3 is 0 Å². The van der Waals surface area contributed by atoms with Crippen LogP contribution in [0.25, 0.3) is 10.1 Å². The van der Waals surface area contributed by atoms with Gasteiger partial charge in [0.15, 0.2) is 6.10 Å². The van der Waals surface area contributed by atoms with Crippen molar-refractivity contribution >= 4 is 21.4 Å². The largest absolute Gasteiger partial charge is 0.482 e. The van der Waals surface area contributed by atoms with Gasteiger partial charge in [0.05, 0.1) is 0 Å². The number of benzene rings is 2. The molecule has 1 aliphatic rings. The number of rotatable bonds is 4. The van der Waals surface area contributed by atoms with Gasteiger partial charge in [-0.1, -0.05) is 30.3 Å². The number of fused-ring (bicyclic) bond motifs is 2. The SMILES string of the molecule is CNC[C@]1(O)Cc2ccccc2[C@@H]1Oc1cccc2sccc12. The molecule has 2 atom stereocenters. The Labute approximate surface area is 139 Å². The number of likely N-dealkylation sites (N-methyl/N-ethyl adjacent to an activating group) is 1. The highest BCUT2D eigenvalue weighted by molar-refractivity contribution is 7.17. The molecule has 2 N–H and O–H groups in total. The number of thiophene rings is 1. The van der Waals surface area contributed by atoms with Gasteiger partial charge < -0.3 is 15.2 Å². The summed E-state index contributed by atoms with van der Waals surface area (Å²) in [6.07, 6.45) is 0.241. The first kappa shape index (κ1) is 14.7. The summed E-state index contributed by atoms with van der Waals surface area (Å²) >= 11 is 1.70. The smallest absolute Gasteiger partial charge is 0.154 e. The Bertz CT molecular complexity index is 844. The molecule has 3 nitrogen and oxygen atoms in total. The van der Waals surface area contributed by atoms with E-state index >= 15 is 0 Å². The van der Waals surface area contributed by atoms with Crippen LogP contribution in [-0.4, -0.2) is 24.3 Å². The molecule has 4 rings (SSSR count). The Morgan fingerprint density at radius 1 is 1.22 bits per heavy atom. The first-order valence-corrected chi connectivity index (χ1v) is 8.67. The van der Waals surface area contributed by atoms with Crippen LogP contribution < -0.4 is 10.1 Å². The fourth-order valence-corrected chi connectivity index (χ4v) is 4.30. The van der Waals surface area contributed by atoms with E-state index in [0.717, 1.165) is 22.3 Å². The number of nitrogens with one attached hydrogen (secondary N) is 1. The summed E-state index contributed by atoms with van der Waals surface area (Å²) in [6, 6.07) is 16.3. The molecule has 0 bridgehead atoms. The zero-order chi connectivity index (χ0) is 15.9. The normalized spacial score (nSPS) is 23.1. The van der Waals surface area contributed by atoms with Crippen molar-refractivity contribution in [3.63, 3.8) is 0 Å². The second-order valence-electron chi connectivity index (χ2n) is 6.10. The van der Waals surface area contributed by atoms with Gasteiger partial charge in [0.2, 0.25) is 0 Å². The quantitative estimate of drug-likeness (QED) is 0.771. The second-order valence-corrected chi connectivity index (χ2v) is 7.04. The fourth-order valence-electron chi connectivity index (χ4n) is 3.49. The first-order valence-electron chi connectivity index (χ1n) is 7.79. The molecule has 2 aromatic carbocycles. The van der Waals surface area contributed by atoms with Gasteiger partial charge in [0.25, 0.3) is 0 Å². The first-order chi connectivity index (χ1) is 11.2. The third-order valence-electron chi connectivity index (χ3n) is 4.51. The molecule has 0 saturated carbocycles. The molecule has 4 heteroatoms. The van der Waals surface area contributed by atoms with Gasteiger partial charge in [0.1, 0.15) is 11.4 Å². The van der Waals surface area contributed by atoms with E-state index in [1.54, 1.807) is 11.3 Å². The average Bonchev–Trinajstić information content (AvgIpc) is 3.12. The Hall–Kier alpha value is -1.88. The van der Waals surface area contributed by atoms with Crippen LogP contribution >= 0.6 is 11.3 Å². The lowest BCUT2D eigenvalue weighted by molar-refractivity contribution is -0.0478. The minimum atomic E-state index is -0.934. The van der Waals surface area contributed by atoms with E-state index in [1.165, 1.54) is 4.70 Å². The third kappa shape index (κ3) is 2.43. The van der Waals surface area contributed by atoms with Crippen molar-refractivity contribution in [3.05, 3.63) is 65.0 Å². The topological polar surface area (TPSA) is 41.5 Å². The van der Waals surface area contributed by atoms with E-state index in [-0.39, 0.29) is 6.10 Å².